The zero-order valence-electron chi connectivity index (χ0n) is 16.3. The Kier molecular flexibility index (Phi) is 5.94. The summed E-state index contributed by atoms with van der Waals surface area (Å²) < 4.78 is 0. The van der Waals surface area contributed by atoms with Gasteiger partial charge in [0, 0.05) is 23.2 Å². The van der Waals surface area contributed by atoms with Crippen LogP contribution in [0.25, 0.3) is 0 Å². The standard InChI is InChI=1S/C23H28N2O2/c1-15-5-4-6-20(14-15)24-22(26)18-8-10-19(11-9-18)23(27)25-21-12-7-16(2)13-17(21)3/h4-7,12-14,18-19H,8-11H2,1-3H3,(H,24,26)(H,25,27). The largest absolute Gasteiger partial charge is 0.326 e. The summed E-state index contributed by atoms with van der Waals surface area (Å²) in [4.78, 5) is 25.1. The average Bonchev–Trinajstić information content (AvgIpc) is 2.64. The van der Waals surface area contributed by atoms with Crippen molar-refractivity contribution in [2.45, 2.75) is 46.5 Å². The lowest BCUT2D eigenvalue weighted by Crippen LogP contribution is -2.32. The maximum absolute atomic E-state index is 12.6. The lowest BCUT2D eigenvalue weighted by atomic mass is 9.81. The van der Waals surface area contributed by atoms with Gasteiger partial charge >= 0.3 is 0 Å². The van der Waals surface area contributed by atoms with Crippen molar-refractivity contribution in [2.24, 2.45) is 11.8 Å². The van der Waals surface area contributed by atoms with E-state index in [0.717, 1.165) is 48.2 Å². The molecule has 1 aliphatic rings. The molecule has 3 rings (SSSR count). The molecule has 2 N–H and O–H groups in total. The second-order valence-corrected chi connectivity index (χ2v) is 7.71. The molecule has 0 aromatic heterocycles. The normalized spacial score (nSPS) is 19.4. The van der Waals surface area contributed by atoms with E-state index in [0.29, 0.717) is 0 Å². The van der Waals surface area contributed by atoms with Crippen molar-refractivity contribution in [3.8, 4) is 0 Å². The summed E-state index contributed by atoms with van der Waals surface area (Å²) in [6, 6.07) is 13.9. The Morgan fingerprint density at radius 3 is 1.96 bits per heavy atom. The highest BCUT2D eigenvalue weighted by Crippen LogP contribution is 2.31. The number of rotatable bonds is 4. The minimum Gasteiger partial charge on any atom is -0.326 e. The average molecular weight is 364 g/mol. The third kappa shape index (κ3) is 4.97. The first-order valence-electron chi connectivity index (χ1n) is 9.68. The topological polar surface area (TPSA) is 58.2 Å². The molecule has 4 nitrogen and oxygen atoms in total. The summed E-state index contributed by atoms with van der Waals surface area (Å²) in [5.74, 6) is 0.0951. The second-order valence-electron chi connectivity index (χ2n) is 7.71. The van der Waals surface area contributed by atoms with E-state index in [1.54, 1.807) is 0 Å². The van der Waals surface area contributed by atoms with Gasteiger partial charge in [0.15, 0.2) is 0 Å². The number of carbonyl (C=O) groups excluding carboxylic acids is 2. The quantitative estimate of drug-likeness (QED) is 0.802. The molecule has 0 bridgehead atoms. The van der Waals surface area contributed by atoms with Crippen LogP contribution in [0.2, 0.25) is 0 Å². The number of carbonyl (C=O) groups is 2. The van der Waals surface area contributed by atoms with Gasteiger partial charge in [0.2, 0.25) is 11.8 Å². The maximum atomic E-state index is 12.6. The molecule has 1 aliphatic carbocycles. The molecule has 1 fully saturated rings. The second kappa shape index (κ2) is 8.38. The Bertz CT molecular complexity index is 836. The first-order valence-corrected chi connectivity index (χ1v) is 9.68. The summed E-state index contributed by atoms with van der Waals surface area (Å²) in [5, 5.41) is 6.07. The minimum absolute atomic E-state index is 0.0179. The molecule has 0 atom stereocenters. The van der Waals surface area contributed by atoms with Crippen molar-refractivity contribution in [3.63, 3.8) is 0 Å². The number of hydrogen-bond acceptors (Lipinski definition) is 2. The minimum atomic E-state index is -0.0197. The zero-order chi connectivity index (χ0) is 19.4. The number of benzene rings is 2. The molecule has 4 heteroatoms. The molecular weight excluding hydrogens is 336 g/mol. The summed E-state index contributed by atoms with van der Waals surface area (Å²) in [6.07, 6.45) is 3.01. The molecule has 2 aromatic rings. The first kappa shape index (κ1) is 19.2. The number of hydrogen-bond donors (Lipinski definition) is 2. The van der Waals surface area contributed by atoms with Gasteiger partial charge in [0.1, 0.15) is 0 Å². The van der Waals surface area contributed by atoms with Crippen LogP contribution in [0, 0.1) is 32.6 Å². The van der Waals surface area contributed by atoms with Crippen molar-refractivity contribution in [1.29, 1.82) is 0 Å². The molecule has 0 heterocycles. The molecule has 2 amide bonds. The highest BCUT2D eigenvalue weighted by atomic mass is 16.2. The SMILES string of the molecule is Cc1cccc(NC(=O)C2CCC(C(=O)Nc3ccc(C)cc3C)CC2)c1. The number of anilines is 2. The van der Waals surface area contributed by atoms with E-state index in [-0.39, 0.29) is 23.7 Å². The fourth-order valence-corrected chi connectivity index (χ4v) is 3.77. The summed E-state index contributed by atoms with van der Waals surface area (Å²) in [6.45, 7) is 6.06. The first-order chi connectivity index (χ1) is 12.9. The molecule has 0 aliphatic heterocycles. The van der Waals surface area contributed by atoms with Crippen LogP contribution in [-0.2, 0) is 9.59 Å². The van der Waals surface area contributed by atoms with Crippen molar-refractivity contribution >= 4 is 23.2 Å². The lowest BCUT2D eigenvalue weighted by molar-refractivity contribution is -0.125. The van der Waals surface area contributed by atoms with Crippen LogP contribution in [-0.4, -0.2) is 11.8 Å². The van der Waals surface area contributed by atoms with Gasteiger partial charge in [-0.1, -0.05) is 29.8 Å². The van der Waals surface area contributed by atoms with E-state index in [4.69, 9.17) is 0 Å². The van der Waals surface area contributed by atoms with E-state index in [9.17, 15) is 9.59 Å². The summed E-state index contributed by atoms with van der Waals surface area (Å²) >= 11 is 0. The van der Waals surface area contributed by atoms with E-state index in [1.807, 2.05) is 57.2 Å². The Balaban J connectivity index is 1.52. The Hall–Kier alpha value is -2.62. The highest BCUT2D eigenvalue weighted by molar-refractivity contribution is 5.95. The van der Waals surface area contributed by atoms with Gasteiger partial charge in [-0.3, -0.25) is 9.59 Å². The van der Waals surface area contributed by atoms with E-state index in [1.165, 1.54) is 5.56 Å². The molecule has 0 radical (unpaired) electrons. The molecular formula is C23H28N2O2. The van der Waals surface area contributed by atoms with Crippen molar-refractivity contribution in [1.82, 2.24) is 0 Å². The van der Waals surface area contributed by atoms with Crippen LogP contribution < -0.4 is 10.6 Å². The molecule has 0 saturated heterocycles. The van der Waals surface area contributed by atoms with Crippen molar-refractivity contribution in [3.05, 3.63) is 59.2 Å². The van der Waals surface area contributed by atoms with Crippen LogP contribution in [0.3, 0.4) is 0 Å². The number of nitrogens with one attached hydrogen (secondary N) is 2. The monoisotopic (exact) mass is 364 g/mol. The van der Waals surface area contributed by atoms with Crippen LogP contribution in [0.15, 0.2) is 42.5 Å². The predicted octanol–water partition coefficient (Wildman–Crippen LogP) is 5.00. The Morgan fingerprint density at radius 2 is 1.37 bits per heavy atom. The summed E-state index contributed by atoms with van der Waals surface area (Å²) in [5.41, 5.74) is 5.11. The predicted molar refractivity (Wildman–Crippen MR) is 110 cm³/mol. The Morgan fingerprint density at radius 1 is 0.778 bits per heavy atom. The number of aryl methyl sites for hydroxylation is 3. The summed E-state index contributed by atoms with van der Waals surface area (Å²) in [7, 11) is 0. The smallest absolute Gasteiger partial charge is 0.227 e. The zero-order valence-corrected chi connectivity index (χ0v) is 16.3. The highest BCUT2D eigenvalue weighted by Gasteiger charge is 2.30. The van der Waals surface area contributed by atoms with Crippen LogP contribution in [0.4, 0.5) is 11.4 Å². The fraction of sp³-hybridized carbons (Fsp3) is 0.391. The lowest BCUT2D eigenvalue weighted by Gasteiger charge is -2.27. The van der Waals surface area contributed by atoms with Crippen LogP contribution in [0.1, 0.15) is 42.4 Å². The fourth-order valence-electron chi connectivity index (χ4n) is 3.77. The van der Waals surface area contributed by atoms with E-state index in [2.05, 4.69) is 16.7 Å². The Labute approximate surface area is 161 Å². The van der Waals surface area contributed by atoms with E-state index < -0.39 is 0 Å². The van der Waals surface area contributed by atoms with E-state index >= 15 is 0 Å². The van der Waals surface area contributed by atoms with Crippen LogP contribution >= 0.6 is 0 Å². The maximum Gasteiger partial charge on any atom is 0.227 e. The molecule has 142 valence electrons. The van der Waals surface area contributed by atoms with Gasteiger partial charge in [0.05, 0.1) is 0 Å². The van der Waals surface area contributed by atoms with Gasteiger partial charge < -0.3 is 10.6 Å². The number of amides is 2. The van der Waals surface area contributed by atoms with Gasteiger partial charge in [-0.25, -0.2) is 0 Å². The third-order valence-electron chi connectivity index (χ3n) is 5.39. The molecule has 2 aromatic carbocycles. The van der Waals surface area contributed by atoms with Gasteiger partial charge in [-0.2, -0.15) is 0 Å². The van der Waals surface area contributed by atoms with Gasteiger partial charge in [-0.15, -0.1) is 0 Å². The van der Waals surface area contributed by atoms with Crippen LogP contribution in [0.5, 0.6) is 0 Å². The van der Waals surface area contributed by atoms with Crippen molar-refractivity contribution < 1.29 is 9.59 Å². The van der Waals surface area contributed by atoms with Crippen molar-refractivity contribution in [2.75, 3.05) is 10.6 Å². The molecule has 0 unspecified atom stereocenters. The molecule has 1 saturated carbocycles. The molecule has 0 spiro atoms. The van der Waals surface area contributed by atoms with Gasteiger partial charge in [-0.05, 0) is 75.8 Å². The molecule has 27 heavy (non-hydrogen) atoms. The third-order valence-corrected chi connectivity index (χ3v) is 5.39. The van der Waals surface area contributed by atoms with Gasteiger partial charge in [0.25, 0.3) is 0 Å².